The van der Waals surface area contributed by atoms with Gasteiger partial charge in [-0.15, -0.1) is 0 Å². The van der Waals surface area contributed by atoms with Crippen molar-refractivity contribution in [3.8, 4) is 0 Å². The van der Waals surface area contributed by atoms with E-state index in [9.17, 15) is 0 Å². The van der Waals surface area contributed by atoms with Crippen LogP contribution in [0, 0.1) is 154 Å². The van der Waals surface area contributed by atoms with Gasteiger partial charge in [0, 0.05) is 26.4 Å². The third kappa shape index (κ3) is 28.7. The molecule has 0 aromatic rings. The van der Waals surface area contributed by atoms with E-state index in [0.29, 0.717) is 0 Å². The second-order valence-electron chi connectivity index (χ2n) is 32.9. The number of hydrogen-bond acceptors (Lipinski definition) is 3. The molecular weight excluding hydrogens is 995 g/mol. The minimum Gasteiger partial charge on any atom is -0.381 e. The average Bonchev–Trinajstić information content (AvgIpc) is 4.15. The fourth-order valence-corrected chi connectivity index (χ4v) is 17.0. The molecule has 7 aliphatic rings. The highest BCUT2D eigenvalue weighted by Gasteiger charge is 2.34. The molecule has 3 heterocycles. The Kier molecular flexibility index (Phi) is 41.0. The first-order valence-corrected chi connectivity index (χ1v) is 36.6. The highest BCUT2D eigenvalue weighted by atomic mass is 16.5. The van der Waals surface area contributed by atoms with Gasteiger partial charge in [0.15, 0.2) is 0 Å². The molecule has 4 aliphatic carbocycles. The van der Waals surface area contributed by atoms with Crippen molar-refractivity contribution >= 4 is 0 Å². The molecule has 3 saturated heterocycles. The van der Waals surface area contributed by atoms with Crippen molar-refractivity contribution in [1.29, 1.82) is 0 Å². The maximum atomic E-state index is 5.52. The van der Waals surface area contributed by atoms with Crippen LogP contribution in [0.5, 0.6) is 0 Å². The van der Waals surface area contributed by atoms with Gasteiger partial charge in [-0.2, -0.15) is 0 Å². The van der Waals surface area contributed by atoms with Gasteiger partial charge in [-0.05, 0) is 244 Å². The Morgan fingerprint density at radius 3 is 0.890 bits per heavy atom. The van der Waals surface area contributed by atoms with Gasteiger partial charge >= 0.3 is 0 Å². The Labute approximate surface area is 519 Å². The smallest absolute Gasteiger partial charge is 0.0499 e. The zero-order valence-corrected chi connectivity index (χ0v) is 61.3. The molecule has 7 rings (SSSR count). The lowest BCUT2D eigenvalue weighted by Gasteiger charge is -2.37. The Balaban J connectivity index is 0.000000478. The fraction of sp³-hybridized carbons (Fsp3) is 0.949. The van der Waals surface area contributed by atoms with Crippen molar-refractivity contribution in [3.63, 3.8) is 0 Å². The SMILES string of the molecule is CC(C)C1=CCCC1C(C)C.CC(C)C1=CCCCC1C(C)C.CC(C)C1CCCC1C(C)C.CC(C)C1CCCCC1C(C)C.CC(C)C1CCNCC1C(C)C.CC(C)C1CCOCC1C(C)C.CC(C)C1CCOCC1C(C)C. The maximum absolute atomic E-state index is 5.52. The third-order valence-electron chi connectivity index (χ3n) is 22.3. The van der Waals surface area contributed by atoms with E-state index in [1.165, 1.54) is 109 Å². The van der Waals surface area contributed by atoms with Gasteiger partial charge in [-0.3, -0.25) is 0 Å². The summed E-state index contributed by atoms with van der Waals surface area (Å²) in [7, 11) is 0. The summed E-state index contributed by atoms with van der Waals surface area (Å²) in [5.74, 6) is 22.7. The number of hydrogen-bond donors (Lipinski definition) is 1. The van der Waals surface area contributed by atoms with E-state index in [0.717, 1.165) is 180 Å². The van der Waals surface area contributed by atoms with Crippen molar-refractivity contribution < 1.29 is 9.47 Å². The average molecular weight is 1150 g/mol. The van der Waals surface area contributed by atoms with E-state index in [1.54, 1.807) is 11.1 Å². The Morgan fingerprint density at radius 1 is 0.293 bits per heavy atom. The molecule has 82 heavy (non-hydrogen) atoms. The van der Waals surface area contributed by atoms with Crippen LogP contribution in [0.25, 0.3) is 0 Å². The lowest BCUT2D eigenvalue weighted by molar-refractivity contribution is -0.0178. The van der Waals surface area contributed by atoms with Crippen LogP contribution >= 0.6 is 0 Å². The van der Waals surface area contributed by atoms with Crippen LogP contribution in [-0.4, -0.2) is 39.5 Å². The van der Waals surface area contributed by atoms with Crippen LogP contribution in [0.2, 0.25) is 0 Å². The zero-order chi connectivity index (χ0) is 62.6. The van der Waals surface area contributed by atoms with Crippen molar-refractivity contribution in [2.75, 3.05) is 39.5 Å². The van der Waals surface area contributed by atoms with E-state index < -0.39 is 0 Å². The molecule has 0 aromatic carbocycles. The minimum atomic E-state index is 0.762. The summed E-state index contributed by atoms with van der Waals surface area (Å²) in [6, 6.07) is 0. The second-order valence-corrected chi connectivity index (χ2v) is 32.9. The Hall–Kier alpha value is -0.640. The number of nitrogens with one attached hydrogen (secondary N) is 1. The molecule has 12 unspecified atom stereocenters. The predicted molar refractivity (Wildman–Crippen MR) is 370 cm³/mol. The fourth-order valence-electron chi connectivity index (χ4n) is 17.0. The molecule has 12 atom stereocenters. The molecule has 3 aliphatic heterocycles. The molecule has 1 N–H and O–H groups in total. The van der Waals surface area contributed by atoms with E-state index in [2.05, 4.69) is 211 Å². The largest absolute Gasteiger partial charge is 0.381 e. The zero-order valence-electron chi connectivity index (χ0n) is 61.3. The van der Waals surface area contributed by atoms with Gasteiger partial charge in [0.2, 0.25) is 0 Å². The van der Waals surface area contributed by atoms with Gasteiger partial charge in [0.05, 0.1) is 0 Å². The molecule has 3 nitrogen and oxygen atoms in total. The van der Waals surface area contributed by atoms with Gasteiger partial charge in [-0.1, -0.05) is 236 Å². The van der Waals surface area contributed by atoms with Crippen molar-refractivity contribution in [3.05, 3.63) is 23.3 Å². The van der Waals surface area contributed by atoms with E-state index in [-0.39, 0.29) is 0 Å². The van der Waals surface area contributed by atoms with Gasteiger partial charge in [0.25, 0.3) is 0 Å². The van der Waals surface area contributed by atoms with Crippen LogP contribution in [0.15, 0.2) is 23.3 Å². The van der Waals surface area contributed by atoms with Crippen LogP contribution in [0.1, 0.15) is 290 Å². The standard InChI is InChI=1S/C12H24.C12H22.C11H23N.2C11H22O.C11H22.C11H20/c2*1-9(2)11-7-5-6-8-12(11)10(3)4;3*1-8(2)10-5-6-12-7-11(10)9(3)4;2*1-8(2)10-6-5-7-11(10)9(3)4/h9-12H,5-8H2,1-4H3;7,9-10,12H,5-6,8H2,1-4H3;8-12H,5-7H2,1-4H3;2*8-11H,5-7H2,1-4H3;8-11H,5-7H2,1-4H3;6,8-9,11H,5,7H2,1-4H3. The normalized spacial score (nSPS) is 29.7. The number of piperidine rings is 1. The van der Waals surface area contributed by atoms with Gasteiger partial charge < -0.3 is 14.8 Å². The topological polar surface area (TPSA) is 30.5 Å². The first kappa shape index (κ1) is 79.4. The van der Waals surface area contributed by atoms with E-state index in [1.807, 2.05) is 0 Å². The molecule has 0 spiro atoms. The van der Waals surface area contributed by atoms with Crippen molar-refractivity contribution in [2.45, 2.75) is 290 Å². The summed E-state index contributed by atoms with van der Waals surface area (Å²) < 4.78 is 11.0. The van der Waals surface area contributed by atoms with Crippen molar-refractivity contribution in [2.24, 2.45) is 154 Å². The summed E-state index contributed by atoms with van der Waals surface area (Å²) in [5, 5.41) is 3.50. The lowest BCUT2D eigenvalue weighted by atomic mass is 9.69. The van der Waals surface area contributed by atoms with Gasteiger partial charge in [-0.25, -0.2) is 0 Å². The predicted octanol–water partition coefficient (Wildman–Crippen LogP) is 23.9. The van der Waals surface area contributed by atoms with Crippen molar-refractivity contribution in [1.82, 2.24) is 5.32 Å². The molecule has 0 radical (unpaired) electrons. The maximum Gasteiger partial charge on any atom is 0.0499 e. The molecule has 488 valence electrons. The van der Waals surface area contributed by atoms with Crippen LogP contribution in [-0.2, 0) is 9.47 Å². The molecule has 5 fully saturated rings. The van der Waals surface area contributed by atoms with Crippen LogP contribution in [0.4, 0.5) is 0 Å². The summed E-state index contributed by atoms with van der Waals surface area (Å²) in [4.78, 5) is 0. The minimum absolute atomic E-state index is 0.762. The summed E-state index contributed by atoms with van der Waals surface area (Å²) >= 11 is 0. The van der Waals surface area contributed by atoms with E-state index >= 15 is 0 Å². The third-order valence-corrected chi connectivity index (χ3v) is 22.3. The molecule has 3 heteroatoms. The monoisotopic (exact) mass is 1150 g/mol. The van der Waals surface area contributed by atoms with Crippen LogP contribution < -0.4 is 5.32 Å². The number of ether oxygens (including phenoxy) is 2. The quantitative estimate of drug-likeness (QED) is 0.176. The molecule has 2 saturated carbocycles. The molecule has 0 aromatic heterocycles. The Bertz CT molecular complexity index is 1400. The molecule has 0 amide bonds. The van der Waals surface area contributed by atoms with Crippen LogP contribution in [0.3, 0.4) is 0 Å². The number of allylic oxidation sites excluding steroid dienone is 4. The number of rotatable bonds is 14. The second kappa shape index (κ2) is 42.3. The first-order chi connectivity index (χ1) is 38.4. The summed E-state index contributed by atoms with van der Waals surface area (Å²) in [6.45, 7) is 72.2. The summed E-state index contributed by atoms with van der Waals surface area (Å²) in [5.41, 5.74) is 3.43. The first-order valence-electron chi connectivity index (χ1n) is 36.6. The summed E-state index contributed by atoms with van der Waals surface area (Å²) in [6.07, 6.45) is 26.1. The lowest BCUT2D eigenvalue weighted by Crippen LogP contribution is -2.41. The Morgan fingerprint density at radius 2 is 0.598 bits per heavy atom. The highest BCUT2D eigenvalue weighted by molar-refractivity contribution is 5.15. The molecular formula is C79H155NO2. The van der Waals surface area contributed by atoms with E-state index in [4.69, 9.17) is 9.47 Å². The highest BCUT2D eigenvalue weighted by Crippen LogP contribution is 2.42. The van der Waals surface area contributed by atoms with Gasteiger partial charge in [0.1, 0.15) is 0 Å². The molecule has 0 bridgehead atoms.